The summed E-state index contributed by atoms with van der Waals surface area (Å²) in [5.41, 5.74) is 8.77. The molecule has 10 rings (SSSR count). The largest absolute Gasteiger partial charge is 0.344 e. The summed E-state index contributed by atoms with van der Waals surface area (Å²) in [5.74, 6) is 1.70. The van der Waals surface area contributed by atoms with Gasteiger partial charge in [0.05, 0.1) is 22.4 Å². The number of hydrogen-bond acceptors (Lipinski definition) is 6. The van der Waals surface area contributed by atoms with Crippen LogP contribution in [0.4, 0.5) is 34.4 Å². The van der Waals surface area contributed by atoms with Crippen molar-refractivity contribution >= 4 is 88.8 Å². The van der Waals surface area contributed by atoms with E-state index in [1.165, 1.54) is 43.4 Å². The van der Waals surface area contributed by atoms with E-state index in [0.717, 1.165) is 45.4 Å². The lowest BCUT2D eigenvalue weighted by Crippen LogP contribution is -2.11. The minimum Gasteiger partial charge on any atom is -0.344 e. The maximum absolute atomic E-state index is 4.71. The third-order valence-corrected chi connectivity index (χ3v) is 10.2. The van der Waals surface area contributed by atoms with Gasteiger partial charge in [-0.15, -0.1) is 0 Å². The molecule has 0 aliphatic rings. The highest BCUT2D eigenvalue weighted by molar-refractivity contribution is 6.29. The lowest BCUT2D eigenvalue weighted by atomic mass is 9.99. The molecule has 0 N–H and O–H groups in total. The van der Waals surface area contributed by atoms with E-state index in [9.17, 15) is 0 Å². The first kappa shape index (κ1) is 29.8. The highest BCUT2D eigenvalue weighted by atomic mass is 15.2. The van der Waals surface area contributed by atoms with Crippen molar-refractivity contribution in [3.8, 4) is 0 Å². The zero-order valence-electron chi connectivity index (χ0n) is 28.6. The third-order valence-electron chi connectivity index (χ3n) is 10.2. The van der Waals surface area contributed by atoms with Gasteiger partial charge in [-0.3, -0.25) is 19.8 Å². The molecule has 6 aromatic heterocycles. The summed E-state index contributed by atoms with van der Waals surface area (Å²) < 4.78 is 4.61. The van der Waals surface area contributed by atoms with Gasteiger partial charge in [-0.25, -0.2) is 9.97 Å². The molecule has 0 unspecified atom stereocenters. The van der Waals surface area contributed by atoms with Crippen molar-refractivity contribution in [2.45, 2.75) is 0 Å². The molecule has 0 aliphatic carbocycles. The van der Waals surface area contributed by atoms with Crippen LogP contribution in [-0.2, 0) is 14.1 Å². The van der Waals surface area contributed by atoms with Crippen LogP contribution in [0.1, 0.15) is 0 Å². The van der Waals surface area contributed by atoms with Gasteiger partial charge in [0, 0.05) is 95.2 Å². The summed E-state index contributed by atoms with van der Waals surface area (Å²) in [7, 11) is 4.32. The standard InChI is InChI=1S/C44H32N8/c1-49-37-15-13-34-33(43(37)35-11-9-31(27-39(35)49)51(29-17-23-45-24-18-29)41-7-3-5-21-47-41)14-16-38-44(34)36-12-10-32(28-40(36)50(38)2)52(30-19-25-46-26-20-30)42-8-4-6-22-48-42/h3-28H,1-2H3. The van der Waals surface area contributed by atoms with Crippen LogP contribution in [0, 0.1) is 0 Å². The van der Waals surface area contributed by atoms with Crippen LogP contribution < -0.4 is 9.80 Å². The lowest BCUT2D eigenvalue weighted by molar-refractivity contribution is 1.01. The van der Waals surface area contributed by atoms with Crippen molar-refractivity contribution in [3.05, 3.63) is 159 Å². The Hall–Kier alpha value is -7.06. The van der Waals surface area contributed by atoms with Crippen molar-refractivity contribution in [1.82, 2.24) is 29.1 Å². The van der Waals surface area contributed by atoms with Gasteiger partial charge in [0.25, 0.3) is 0 Å². The first-order valence-electron chi connectivity index (χ1n) is 17.2. The van der Waals surface area contributed by atoms with Gasteiger partial charge in [0.2, 0.25) is 0 Å². The van der Waals surface area contributed by atoms with Gasteiger partial charge in [-0.2, -0.15) is 0 Å². The van der Waals surface area contributed by atoms with Crippen LogP contribution in [0.2, 0.25) is 0 Å². The molecule has 0 saturated carbocycles. The maximum atomic E-state index is 4.71. The molecule has 0 amide bonds. The molecule has 4 aromatic carbocycles. The van der Waals surface area contributed by atoms with E-state index < -0.39 is 0 Å². The van der Waals surface area contributed by atoms with Gasteiger partial charge in [-0.05, 0) is 95.7 Å². The van der Waals surface area contributed by atoms with Crippen molar-refractivity contribution in [3.63, 3.8) is 0 Å². The molecule has 10 aromatic rings. The molecule has 52 heavy (non-hydrogen) atoms. The van der Waals surface area contributed by atoms with Crippen LogP contribution in [0.15, 0.2) is 159 Å². The smallest absolute Gasteiger partial charge is 0.137 e. The highest BCUT2D eigenvalue weighted by Gasteiger charge is 2.21. The summed E-state index contributed by atoms with van der Waals surface area (Å²) >= 11 is 0. The van der Waals surface area contributed by atoms with Crippen molar-refractivity contribution in [2.75, 3.05) is 9.80 Å². The number of nitrogens with zero attached hydrogens (tertiary/aromatic N) is 8. The monoisotopic (exact) mass is 672 g/mol. The first-order chi connectivity index (χ1) is 25.7. The van der Waals surface area contributed by atoms with E-state index in [1.54, 1.807) is 0 Å². The zero-order valence-corrected chi connectivity index (χ0v) is 28.6. The summed E-state index contributed by atoms with van der Waals surface area (Å²) in [6.45, 7) is 0. The second-order valence-electron chi connectivity index (χ2n) is 13.0. The molecule has 0 spiro atoms. The van der Waals surface area contributed by atoms with E-state index in [4.69, 9.17) is 9.97 Å². The third kappa shape index (κ3) is 4.54. The van der Waals surface area contributed by atoms with Crippen LogP contribution in [0.25, 0.3) is 54.4 Å². The average Bonchev–Trinajstić information content (AvgIpc) is 3.66. The fraction of sp³-hybridized carbons (Fsp3) is 0.0455. The molecule has 0 saturated heterocycles. The summed E-state index contributed by atoms with van der Waals surface area (Å²) in [4.78, 5) is 22.3. The molecule has 0 radical (unpaired) electrons. The molecule has 6 heterocycles. The van der Waals surface area contributed by atoms with Crippen molar-refractivity contribution < 1.29 is 0 Å². The van der Waals surface area contributed by atoms with E-state index in [1.807, 2.05) is 97.8 Å². The maximum Gasteiger partial charge on any atom is 0.137 e. The normalized spacial score (nSPS) is 11.7. The molecular formula is C44H32N8. The quantitative estimate of drug-likeness (QED) is 0.175. The Labute approximate surface area is 299 Å². The Morgan fingerprint density at radius 1 is 0.385 bits per heavy atom. The summed E-state index contributed by atoms with van der Waals surface area (Å²) in [5, 5.41) is 7.42. The topological polar surface area (TPSA) is 67.9 Å². The Kier molecular flexibility index (Phi) is 6.75. The Morgan fingerprint density at radius 3 is 1.21 bits per heavy atom. The number of pyridine rings is 4. The lowest BCUT2D eigenvalue weighted by Gasteiger charge is -2.24. The molecule has 0 atom stereocenters. The zero-order chi connectivity index (χ0) is 34.8. The van der Waals surface area contributed by atoms with Crippen LogP contribution in [0.3, 0.4) is 0 Å². The average molecular weight is 673 g/mol. The number of hydrogen-bond donors (Lipinski definition) is 0. The van der Waals surface area contributed by atoms with Gasteiger partial charge >= 0.3 is 0 Å². The van der Waals surface area contributed by atoms with Crippen LogP contribution in [-0.4, -0.2) is 29.1 Å². The van der Waals surface area contributed by atoms with E-state index in [0.29, 0.717) is 0 Å². The highest BCUT2D eigenvalue weighted by Crippen LogP contribution is 2.43. The van der Waals surface area contributed by atoms with Gasteiger partial charge < -0.3 is 9.13 Å². The number of rotatable bonds is 6. The van der Waals surface area contributed by atoms with E-state index in [-0.39, 0.29) is 0 Å². The van der Waals surface area contributed by atoms with Gasteiger partial charge in [-0.1, -0.05) is 36.4 Å². The number of aryl methyl sites for hydroxylation is 2. The van der Waals surface area contributed by atoms with E-state index >= 15 is 0 Å². The Balaban J connectivity index is 1.16. The van der Waals surface area contributed by atoms with Gasteiger partial charge in [0.15, 0.2) is 0 Å². The van der Waals surface area contributed by atoms with Gasteiger partial charge in [0.1, 0.15) is 11.6 Å². The van der Waals surface area contributed by atoms with Crippen molar-refractivity contribution in [2.24, 2.45) is 14.1 Å². The molecule has 8 nitrogen and oxygen atoms in total. The number of fused-ring (bicyclic) bond motifs is 9. The predicted molar refractivity (Wildman–Crippen MR) is 212 cm³/mol. The summed E-state index contributed by atoms with van der Waals surface area (Å²) in [6.07, 6.45) is 10.9. The fourth-order valence-corrected chi connectivity index (χ4v) is 7.85. The number of aromatic nitrogens is 6. The summed E-state index contributed by atoms with van der Waals surface area (Å²) in [6, 6.07) is 42.6. The number of benzene rings is 4. The minimum atomic E-state index is 0.850. The van der Waals surface area contributed by atoms with Crippen LogP contribution >= 0.6 is 0 Å². The minimum absolute atomic E-state index is 0.850. The second kappa shape index (κ2) is 11.8. The Morgan fingerprint density at radius 2 is 0.808 bits per heavy atom. The first-order valence-corrected chi connectivity index (χ1v) is 17.2. The fourth-order valence-electron chi connectivity index (χ4n) is 7.85. The molecule has 0 aliphatic heterocycles. The molecular weight excluding hydrogens is 641 g/mol. The van der Waals surface area contributed by atoms with Crippen LogP contribution in [0.5, 0.6) is 0 Å². The second-order valence-corrected chi connectivity index (χ2v) is 13.0. The molecule has 0 bridgehead atoms. The molecule has 0 fully saturated rings. The van der Waals surface area contributed by atoms with Crippen molar-refractivity contribution in [1.29, 1.82) is 0 Å². The molecule has 8 heteroatoms. The SMILES string of the molecule is Cn1c2cc(N(c3ccncc3)c3ccccn3)ccc2c2c3ccc4c(c3ccc21)c1ccc(N(c2ccncc2)c2ccccn2)cc1n4C. The molecule has 248 valence electrons. The predicted octanol–water partition coefficient (Wildman–Crippen LogP) is 10.6. The Bertz CT molecular complexity index is 2640. The van der Waals surface area contributed by atoms with E-state index in [2.05, 4.69) is 104 Å². The number of anilines is 6.